The molecule has 0 saturated carbocycles. The number of carbonyl (C=O) groups is 6. The molecular formula is C45H50F3N7O9. The number of ether oxygens (including phenoxy) is 3. The van der Waals surface area contributed by atoms with Crippen molar-refractivity contribution >= 4 is 58.1 Å². The van der Waals surface area contributed by atoms with Gasteiger partial charge in [-0.3, -0.25) is 19.2 Å². The number of aromatic nitrogens is 1. The summed E-state index contributed by atoms with van der Waals surface area (Å²) < 4.78 is 61.3. The number of halogens is 3. The molecule has 0 aliphatic carbocycles. The van der Waals surface area contributed by atoms with Crippen LogP contribution in [0, 0.1) is 29.3 Å². The average Bonchev–Trinajstić information content (AvgIpc) is 4.05. The molecular weight excluding hydrogens is 840 g/mol. The van der Waals surface area contributed by atoms with E-state index >= 15 is 0 Å². The maximum atomic E-state index is 14.8. The van der Waals surface area contributed by atoms with Gasteiger partial charge in [0.05, 0.1) is 25.4 Å². The van der Waals surface area contributed by atoms with Gasteiger partial charge in [-0.15, -0.1) is 0 Å². The van der Waals surface area contributed by atoms with Crippen LogP contribution < -0.4 is 26.0 Å². The topological polar surface area (TPSA) is 190 Å². The van der Waals surface area contributed by atoms with Crippen molar-refractivity contribution < 1.29 is 56.1 Å². The Morgan fingerprint density at radius 2 is 1.19 bits per heavy atom. The molecule has 16 nitrogen and oxygen atoms in total. The molecule has 0 radical (unpaired) electrons. The fourth-order valence-corrected chi connectivity index (χ4v) is 8.60. The first-order chi connectivity index (χ1) is 30.5. The number of rotatable bonds is 11. The predicted molar refractivity (Wildman–Crippen MR) is 228 cm³/mol. The zero-order valence-electron chi connectivity index (χ0n) is 36.1. The van der Waals surface area contributed by atoms with Crippen molar-refractivity contribution in [2.24, 2.45) is 11.8 Å². The van der Waals surface area contributed by atoms with E-state index in [0.29, 0.717) is 72.3 Å². The molecule has 0 bridgehead atoms. The smallest absolute Gasteiger partial charge is 0.407 e. The van der Waals surface area contributed by atoms with E-state index in [0.717, 1.165) is 12.1 Å². The van der Waals surface area contributed by atoms with Crippen molar-refractivity contribution in [1.82, 2.24) is 25.0 Å². The van der Waals surface area contributed by atoms with E-state index in [9.17, 15) is 41.9 Å². The number of alkyl carbamates (subject to hydrolysis) is 2. The van der Waals surface area contributed by atoms with Gasteiger partial charge in [0, 0.05) is 47.0 Å². The Morgan fingerprint density at radius 3 is 1.69 bits per heavy atom. The standard InChI is InChI=1S/C45H50F3N7O9/c1-22(2)37(51-44(60)62-5)41(58)53-15-7-9-32(53)39(56)49-26-12-14-31-24(17-26)20-34-28-13-11-27(21-35(28)64-43(55(31)34)25-18-29(46)36(48)30(47)19-25)50-40(57)33-10-8-16-54(33)42(59)38(23(3)4)52-45(61)63-6/h11-14,17-23,32-33,37-38,43H,7-10,15-16H2,1-6H3,(H,49,56)(H,50,57)(H,51,60)(H,52,61)/t32-,33-,37-,38-,43-/m0/s1. The van der Waals surface area contributed by atoms with Crippen LogP contribution in [0.1, 0.15) is 65.2 Å². The molecule has 3 aromatic carbocycles. The van der Waals surface area contributed by atoms with Crippen LogP contribution in [0.15, 0.2) is 54.6 Å². The Labute approximate surface area is 366 Å². The molecule has 64 heavy (non-hydrogen) atoms. The van der Waals surface area contributed by atoms with Gasteiger partial charge in [-0.2, -0.15) is 0 Å². The summed E-state index contributed by atoms with van der Waals surface area (Å²) in [4.78, 5) is 81.6. The van der Waals surface area contributed by atoms with Crippen molar-refractivity contribution in [3.05, 3.63) is 77.6 Å². The molecule has 3 aliphatic rings. The van der Waals surface area contributed by atoms with Crippen LogP contribution >= 0.6 is 0 Å². The van der Waals surface area contributed by atoms with Crippen molar-refractivity contribution in [3.8, 4) is 17.0 Å². The number of nitrogens with one attached hydrogen (secondary N) is 4. The van der Waals surface area contributed by atoms with Gasteiger partial charge >= 0.3 is 12.2 Å². The van der Waals surface area contributed by atoms with Crippen molar-refractivity contribution in [2.45, 2.75) is 83.8 Å². The first-order valence-electron chi connectivity index (χ1n) is 21.0. The fraction of sp³-hybridized carbons (Fsp3) is 0.422. The summed E-state index contributed by atoms with van der Waals surface area (Å²) in [5.41, 5.74) is 2.23. The van der Waals surface area contributed by atoms with Crippen molar-refractivity contribution in [2.75, 3.05) is 37.9 Å². The Kier molecular flexibility index (Phi) is 13.1. The van der Waals surface area contributed by atoms with Gasteiger partial charge in [-0.1, -0.05) is 27.7 Å². The molecule has 0 unspecified atom stereocenters. The van der Waals surface area contributed by atoms with Gasteiger partial charge in [0.25, 0.3) is 0 Å². The quantitative estimate of drug-likeness (QED) is 0.126. The Bertz CT molecular complexity index is 2490. The van der Waals surface area contributed by atoms with E-state index in [1.54, 1.807) is 74.7 Å². The largest absolute Gasteiger partial charge is 0.465 e. The van der Waals surface area contributed by atoms with E-state index in [4.69, 9.17) is 14.2 Å². The molecule has 2 saturated heterocycles. The highest BCUT2D eigenvalue weighted by Crippen LogP contribution is 2.46. The SMILES string of the molecule is COC(=O)N[C@H](C(=O)N1CCC[C@H]1C(=O)Nc1ccc2c(c1)O[C@@H](c1cc(F)c(F)c(F)c1)n1c-2cc2cc(NC(=O)[C@@H]3CCCN3C(=O)[C@@H](NC(=O)OC)C(C)C)ccc21)C(C)C. The van der Waals surface area contributed by atoms with E-state index < -0.39 is 83.7 Å². The summed E-state index contributed by atoms with van der Waals surface area (Å²) in [6.45, 7) is 7.70. The molecule has 5 atom stereocenters. The Balaban J connectivity index is 1.17. The molecule has 4 aromatic rings. The third-order valence-corrected chi connectivity index (χ3v) is 11.9. The maximum Gasteiger partial charge on any atom is 0.407 e. The lowest BCUT2D eigenvalue weighted by Gasteiger charge is -2.31. The summed E-state index contributed by atoms with van der Waals surface area (Å²) in [6.07, 6.45) is -0.874. The van der Waals surface area contributed by atoms with E-state index in [2.05, 4.69) is 21.3 Å². The molecule has 4 N–H and O–H groups in total. The molecule has 340 valence electrons. The van der Waals surface area contributed by atoms with Crippen molar-refractivity contribution in [3.63, 3.8) is 0 Å². The highest BCUT2D eigenvalue weighted by atomic mass is 19.2. The van der Waals surface area contributed by atoms with Crippen LogP contribution in [0.4, 0.5) is 34.1 Å². The van der Waals surface area contributed by atoms with Gasteiger partial charge < -0.3 is 49.8 Å². The summed E-state index contributed by atoms with van der Waals surface area (Å²) in [6, 6.07) is 9.87. The lowest BCUT2D eigenvalue weighted by molar-refractivity contribution is -0.139. The summed E-state index contributed by atoms with van der Waals surface area (Å²) in [5, 5.41) is 11.5. The highest BCUT2D eigenvalue weighted by Gasteiger charge is 2.41. The molecule has 3 aliphatic heterocycles. The third-order valence-electron chi connectivity index (χ3n) is 11.9. The number of benzene rings is 3. The molecule has 2 fully saturated rings. The number of methoxy groups -OCH3 is 2. The van der Waals surface area contributed by atoms with Gasteiger partial charge in [-0.05, 0) is 86.1 Å². The van der Waals surface area contributed by atoms with Crippen LogP contribution in [-0.4, -0.2) is 102 Å². The van der Waals surface area contributed by atoms with Crippen LogP contribution in [0.3, 0.4) is 0 Å². The average molecular weight is 890 g/mol. The number of carbonyl (C=O) groups excluding carboxylic acids is 6. The lowest BCUT2D eigenvalue weighted by atomic mass is 10.0. The van der Waals surface area contributed by atoms with E-state index in [1.165, 1.54) is 24.0 Å². The van der Waals surface area contributed by atoms with Crippen molar-refractivity contribution in [1.29, 1.82) is 0 Å². The second kappa shape index (κ2) is 18.5. The van der Waals surface area contributed by atoms with E-state index in [-0.39, 0.29) is 23.1 Å². The van der Waals surface area contributed by atoms with Gasteiger partial charge in [-0.25, -0.2) is 22.8 Å². The molecule has 7 rings (SSSR count). The van der Waals surface area contributed by atoms with Crippen LogP contribution in [-0.2, 0) is 28.7 Å². The van der Waals surface area contributed by atoms with Crippen LogP contribution in [0.2, 0.25) is 0 Å². The number of anilines is 2. The van der Waals surface area contributed by atoms with Crippen LogP contribution in [0.5, 0.6) is 5.75 Å². The summed E-state index contributed by atoms with van der Waals surface area (Å²) in [5.74, 6) is -6.62. The third kappa shape index (κ3) is 8.87. The number of nitrogens with zero attached hydrogens (tertiary/aromatic N) is 3. The normalized spacial score (nSPS) is 18.8. The fourth-order valence-electron chi connectivity index (χ4n) is 8.60. The van der Waals surface area contributed by atoms with Gasteiger partial charge in [0.2, 0.25) is 29.9 Å². The Morgan fingerprint density at radius 1 is 0.688 bits per heavy atom. The number of hydrogen-bond acceptors (Lipinski definition) is 9. The molecule has 6 amide bonds. The maximum absolute atomic E-state index is 14.8. The van der Waals surface area contributed by atoms with E-state index in [1.807, 2.05) is 0 Å². The first-order valence-corrected chi connectivity index (χ1v) is 21.0. The predicted octanol–water partition coefficient (Wildman–Crippen LogP) is 6.29. The zero-order chi connectivity index (χ0) is 46.1. The van der Waals surface area contributed by atoms with Crippen LogP contribution in [0.25, 0.3) is 22.2 Å². The summed E-state index contributed by atoms with van der Waals surface area (Å²) >= 11 is 0. The number of amides is 6. The second-order valence-corrected chi connectivity index (χ2v) is 16.7. The summed E-state index contributed by atoms with van der Waals surface area (Å²) in [7, 11) is 2.39. The number of hydrogen-bond donors (Lipinski definition) is 4. The minimum absolute atomic E-state index is 0.0552. The highest BCUT2D eigenvalue weighted by molar-refractivity contribution is 6.02. The zero-order valence-corrected chi connectivity index (χ0v) is 36.1. The molecule has 19 heteroatoms. The number of likely N-dealkylation sites (tertiary alicyclic amines) is 2. The minimum Gasteiger partial charge on any atom is -0.465 e. The minimum atomic E-state index is -1.65. The van der Waals surface area contributed by atoms with Gasteiger partial charge in [0.15, 0.2) is 17.5 Å². The number of fused-ring (bicyclic) bond motifs is 5. The molecule has 0 spiro atoms. The lowest BCUT2D eigenvalue weighted by Crippen LogP contribution is -2.54. The molecule has 4 heterocycles. The monoisotopic (exact) mass is 889 g/mol. The van der Waals surface area contributed by atoms with Gasteiger partial charge in [0.1, 0.15) is 29.9 Å². The first kappa shape index (κ1) is 45.2. The molecule has 1 aromatic heterocycles. The second-order valence-electron chi connectivity index (χ2n) is 16.7. The Hall–Kier alpha value is -6.79.